The fourth-order valence-electron chi connectivity index (χ4n) is 2.03. The maximum atomic E-state index is 6.17. The van der Waals surface area contributed by atoms with Gasteiger partial charge in [-0.05, 0) is 42.5 Å². The van der Waals surface area contributed by atoms with Crippen LogP contribution in [-0.4, -0.2) is 0 Å². The summed E-state index contributed by atoms with van der Waals surface area (Å²) in [5.41, 5.74) is 0.832. The van der Waals surface area contributed by atoms with Crippen molar-refractivity contribution in [2.45, 2.75) is 13.1 Å². The molecule has 0 atom stereocenters. The van der Waals surface area contributed by atoms with Crippen LogP contribution in [-0.2, 0) is 13.1 Å². The molecule has 1 N–H and O–H groups in total. The summed E-state index contributed by atoms with van der Waals surface area (Å²) in [4.78, 5) is 0. The predicted molar refractivity (Wildman–Crippen MR) is 83.4 cm³/mol. The van der Waals surface area contributed by atoms with Crippen LogP contribution >= 0.6 is 23.2 Å². The van der Waals surface area contributed by atoms with Crippen LogP contribution in [0.2, 0.25) is 10.0 Å². The van der Waals surface area contributed by atoms with Gasteiger partial charge < -0.3 is 14.2 Å². The van der Waals surface area contributed by atoms with Gasteiger partial charge in [0.25, 0.3) is 0 Å². The summed E-state index contributed by atoms with van der Waals surface area (Å²) in [5.74, 6) is 2.46. The topological polar surface area (TPSA) is 38.3 Å². The molecule has 0 aliphatic heterocycles. The molecule has 3 aromatic rings. The Balaban J connectivity index is 1.65. The lowest BCUT2D eigenvalue weighted by Gasteiger charge is -2.02. The lowest BCUT2D eigenvalue weighted by Crippen LogP contribution is -2.11. The van der Waals surface area contributed by atoms with E-state index in [1.54, 1.807) is 18.4 Å². The van der Waals surface area contributed by atoms with Crippen LogP contribution in [0.25, 0.3) is 11.3 Å². The second kappa shape index (κ2) is 6.39. The van der Waals surface area contributed by atoms with Crippen molar-refractivity contribution in [3.05, 3.63) is 70.3 Å². The molecule has 0 spiro atoms. The van der Waals surface area contributed by atoms with Gasteiger partial charge in [0.1, 0.15) is 17.3 Å². The van der Waals surface area contributed by atoms with E-state index in [0.29, 0.717) is 23.1 Å². The van der Waals surface area contributed by atoms with Gasteiger partial charge in [-0.2, -0.15) is 0 Å². The Morgan fingerprint density at radius 3 is 2.57 bits per heavy atom. The van der Waals surface area contributed by atoms with Gasteiger partial charge in [0.15, 0.2) is 0 Å². The SMILES string of the molecule is Clc1ccc(-c2ccc(CNCc3ccco3)o2)c(Cl)c1. The maximum Gasteiger partial charge on any atom is 0.135 e. The third kappa shape index (κ3) is 3.50. The Morgan fingerprint density at radius 1 is 0.952 bits per heavy atom. The molecule has 108 valence electrons. The van der Waals surface area contributed by atoms with Gasteiger partial charge in [-0.15, -0.1) is 0 Å². The van der Waals surface area contributed by atoms with E-state index in [1.165, 1.54) is 0 Å². The third-order valence-corrected chi connectivity index (χ3v) is 3.58. The fourth-order valence-corrected chi connectivity index (χ4v) is 2.53. The van der Waals surface area contributed by atoms with Crippen molar-refractivity contribution in [2.24, 2.45) is 0 Å². The summed E-state index contributed by atoms with van der Waals surface area (Å²) in [6.07, 6.45) is 1.66. The van der Waals surface area contributed by atoms with E-state index in [1.807, 2.05) is 30.3 Å². The third-order valence-electron chi connectivity index (χ3n) is 3.04. The second-order valence-electron chi connectivity index (χ2n) is 4.57. The van der Waals surface area contributed by atoms with Crippen molar-refractivity contribution in [3.63, 3.8) is 0 Å². The first-order chi connectivity index (χ1) is 10.2. The highest BCUT2D eigenvalue weighted by molar-refractivity contribution is 6.36. The summed E-state index contributed by atoms with van der Waals surface area (Å²) in [7, 11) is 0. The summed E-state index contributed by atoms with van der Waals surface area (Å²) in [6, 6.07) is 13.0. The van der Waals surface area contributed by atoms with E-state index in [2.05, 4.69) is 5.32 Å². The first-order valence-corrected chi connectivity index (χ1v) is 7.25. The molecule has 0 saturated heterocycles. The van der Waals surface area contributed by atoms with Crippen LogP contribution < -0.4 is 5.32 Å². The van der Waals surface area contributed by atoms with Gasteiger partial charge in [0.05, 0.1) is 24.4 Å². The molecule has 0 fully saturated rings. The molecule has 0 aliphatic rings. The monoisotopic (exact) mass is 321 g/mol. The van der Waals surface area contributed by atoms with Crippen molar-refractivity contribution in [3.8, 4) is 11.3 Å². The van der Waals surface area contributed by atoms with Gasteiger partial charge in [0, 0.05) is 10.6 Å². The Hall–Kier alpha value is -1.68. The number of hydrogen-bond acceptors (Lipinski definition) is 3. The van der Waals surface area contributed by atoms with Crippen LogP contribution in [0.4, 0.5) is 0 Å². The Kier molecular flexibility index (Phi) is 4.34. The highest BCUT2D eigenvalue weighted by Crippen LogP contribution is 2.31. The first kappa shape index (κ1) is 14.3. The molecule has 0 amide bonds. The zero-order valence-corrected chi connectivity index (χ0v) is 12.6. The lowest BCUT2D eigenvalue weighted by atomic mass is 10.2. The second-order valence-corrected chi connectivity index (χ2v) is 5.42. The highest BCUT2D eigenvalue weighted by atomic mass is 35.5. The number of hydrogen-bond donors (Lipinski definition) is 1. The van der Waals surface area contributed by atoms with E-state index in [4.69, 9.17) is 32.0 Å². The van der Waals surface area contributed by atoms with Crippen molar-refractivity contribution in [1.29, 1.82) is 0 Å². The molecule has 2 heterocycles. The molecule has 21 heavy (non-hydrogen) atoms. The standard InChI is InChI=1S/C16H13Cl2NO2/c17-11-3-5-14(15(18)8-11)16-6-4-13(21-16)10-19-9-12-2-1-7-20-12/h1-8,19H,9-10H2. The van der Waals surface area contributed by atoms with Crippen molar-refractivity contribution >= 4 is 23.2 Å². The molecule has 3 rings (SSSR count). The minimum atomic E-state index is 0.576. The number of halogens is 2. The number of furan rings is 2. The fraction of sp³-hybridized carbons (Fsp3) is 0.125. The minimum absolute atomic E-state index is 0.576. The molecule has 3 nitrogen and oxygen atoms in total. The molecule has 2 aromatic heterocycles. The average Bonchev–Trinajstić information content (AvgIpc) is 3.10. The largest absolute Gasteiger partial charge is 0.468 e. The van der Waals surface area contributed by atoms with Gasteiger partial charge in [0.2, 0.25) is 0 Å². The molecular formula is C16H13Cl2NO2. The summed E-state index contributed by atoms with van der Waals surface area (Å²) in [5, 5.41) is 4.43. The van der Waals surface area contributed by atoms with E-state index in [0.717, 1.165) is 22.8 Å². The van der Waals surface area contributed by atoms with E-state index in [-0.39, 0.29) is 0 Å². The summed E-state index contributed by atoms with van der Waals surface area (Å²) < 4.78 is 11.0. The van der Waals surface area contributed by atoms with Gasteiger partial charge in [-0.1, -0.05) is 23.2 Å². The van der Waals surface area contributed by atoms with E-state index >= 15 is 0 Å². The van der Waals surface area contributed by atoms with Gasteiger partial charge in [-0.25, -0.2) is 0 Å². The maximum absolute atomic E-state index is 6.17. The summed E-state index contributed by atoms with van der Waals surface area (Å²) in [6.45, 7) is 1.27. The minimum Gasteiger partial charge on any atom is -0.468 e. The van der Waals surface area contributed by atoms with Gasteiger partial charge >= 0.3 is 0 Å². The van der Waals surface area contributed by atoms with Crippen LogP contribution in [0.1, 0.15) is 11.5 Å². The molecular weight excluding hydrogens is 309 g/mol. The lowest BCUT2D eigenvalue weighted by molar-refractivity contribution is 0.455. The molecule has 0 bridgehead atoms. The Morgan fingerprint density at radius 2 is 1.81 bits per heavy atom. The summed E-state index contributed by atoms with van der Waals surface area (Å²) >= 11 is 12.1. The molecule has 0 saturated carbocycles. The molecule has 5 heteroatoms. The van der Waals surface area contributed by atoms with Crippen LogP contribution in [0.5, 0.6) is 0 Å². The number of nitrogens with one attached hydrogen (secondary N) is 1. The van der Waals surface area contributed by atoms with Crippen molar-refractivity contribution in [2.75, 3.05) is 0 Å². The van der Waals surface area contributed by atoms with Gasteiger partial charge in [-0.3, -0.25) is 0 Å². The predicted octanol–water partition coefficient (Wildman–Crippen LogP) is 5.14. The normalized spacial score (nSPS) is 11.0. The van der Waals surface area contributed by atoms with Crippen LogP contribution in [0.3, 0.4) is 0 Å². The van der Waals surface area contributed by atoms with E-state index < -0.39 is 0 Å². The molecule has 0 aliphatic carbocycles. The van der Waals surface area contributed by atoms with E-state index in [9.17, 15) is 0 Å². The molecule has 0 radical (unpaired) electrons. The van der Waals surface area contributed by atoms with Crippen LogP contribution in [0, 0.1) is 0 Å². The molecule has 1 aromatic carbocycles. The zero-order valence-electron chi connectivity index (χ0n) is 11.1. The number of benzene rings is 1. The molecule has 0 unspecified atom stereocenters. The number of rotatable bonds is 5. The van der Waals surface area contributed by atoms with Crippen molar-refractivity contribution < 1.29 is 8.83 Å². The van der Waals surface area contributed by atoms with Crippen molar-refractivity contribution in [1.82, 2.24) is 5.32 Å². The highest BCUT2D eigenvalue weighted by Gasteiger charge is 2.09. The quantitative estimate of drug-likeness (QED) is 0.707. The smallest absolute Gasteiger partial charge is 0.135 e. The zero-order chi connectivity index (χ0) is 14.7. The first-order valence-electron chi connectivity index (χ1n) is 6.49. The Bertz CT molecular complexity index is 720. The average molecular weight is 322 g/mol. The Labute approximate surface area is 132 Å². The van der Waals surface area contributed by atoms with Crippen LogP contribution in [0.15, 0.2) is 57.6 Å².